The molecule has 0 aliphatic heterocycles. The molecule has 0 fully saturated rings. The minimum Gasteiger partial charge on any atom is -0.457 e. The lowest BCUT2D eigenvalue weighted by Gasteiger charge is -2.07. The second-order valence-corrected chi connectivity index (χ2v) is 4.67. The average Bonchev–Trinajstić information content (AvgIpc) is 2.78. The maximum atomic E-state index is 12.2. The highest BCUT2D eigenvalue weighted by Gasteiger charge is 2.24. The van der Waals surface area contributed by atoms with Crippen LogP contribution in [-0.2, 0) is 0 Å². The second-order valence-electron chi connectivity index (χ2n) is 3.95. The van der Waals surface area contributed by atoms with E-state index in [1.807, 2.05) is 25.1 Å². The molecule has 0 radical (unpaired) electrons. The number of nitriles is 1. The fourth-order valence-electron chi connectivity index (χ4n) is 1.67. The summed E-state index contributed by atoms with van der Waals surface area (Å²) in [5, 5.41) is 9.19. The van der Waals surface area contributed by atoms with Gasteiger partial charge in [0.1, 0.15) is 5.92 Å². The van der Waals surface area contributed by atoms with Gasteiger partial charge in [0.05, 0.1) is 17.9 Å². The maximum Gasteiger partial charge on any atom is 0.188 e. The Balaban J connectivity index is 2.36. The van der Waals surface area contributed by atoms with Crippen LogP contribution in [0.5, 0.6) is 0 Å². The highest BCUT2D eigenvalue weighted by molar-refractivity contribution is 9.10. The van der Waals surface area contributed by atoms with Crippen LogP contribution in [0.2, 0.25) is 0 Å². The predicted octanol–water partition coefficient (Wildman–Crippen LogP) is 3.84. The van der Waals surface area contributed by atoms with Gasteiger partial charge in [0, 0.05) is 0 Å². The van der Waals surface area contributed by atoms with E-state index in [4.69, 9.17) is 4.42 Å². The Morgan fingerprint density at radius 1 is 1.33 bits per heavy atom. The molecule has 0 saturated carbocycles. The van der Waals surface area contributed by atoms with Gasteiger partial charge in [0.2, 0.25) is 0 Å². The fraction of sp³-hybridized carbons (Fsp3) is 0.143. The van der Waals surface area contributed by atoms with E-state index < -0.39 is 5.92 Å². The van der Waals surface area contributed by atoms with Crippen LogP contribution in [0.4, 0.5) is 0 Å². The van der Waals surface area contributed by atoms with Crippen molar-refractivity contribution in [3.63, 3.8) is 0 Å². The van der Waals surface area contributed by atoms with E-state index in [9.17, 15) is 10.1 Å². The largest absolute Gasteiger partial charge is 0.457 e. The lowest BCUT2D eigenvalue weighted by molar-refractivity contribution is 0.0977. The smallest absolute Gasteiger partial charge is 0.188 e. The predicted molar refractivity (Wildman–Crippen MR) is 70.3 cm³/mol. The van der Waals surface area contributed by atoms with Gasteiger partial charge < -0.3 is 4.42 Å². The van der Waals surface area contributed by atoms with E-state index in [0.717, 1.165) is 5.56 Å². The maximum absolute atomic E-state index is 12.2. The van der Waals surface area contributed by atoms with Crippen molar-refractivity contribution >= 4 is 21.7 Å². The van der Waals surface area contributed by atoms with Crippen molar-refractivity contribution in [2.24, 2.45) is 0 Å². The normalized spacial score (nSPS) is 11.8. The van der Waals surface area contributed by atoms with Gasteiger partial charge >= 0.3 is 0 Å². The molecular formula is C14H10BrNO2. The number of nitrogens with zero attached hydrogens (tertiary/aromatic N) is 1. The first-order chi connectivity index (χ1) is 8.63. The molecule has 1 aromatic heterocycles. The molecular weight excluding hydrogens is 294 g/mol. The molecule has 0 spiro atoms. The van der Waals surface area contributed by atoms with Gasteiger partial charge in [-0.25, -0.2) is 0 Å². The summed E-state index contributed by atoms with van der Waals surface area (Å²) in [6.45, 7) is 1.96. The molecule has 0 aliphatic carbocycles. The molecule has 1 atom stereocenters. The molecule has 0 amide bonds. The van der Waals surface area contributed by atoms with E-state index in [1.54, 1.807) is 18.2 Å². The number of benzene rings is 1. The summed E-state index contributed by atoms with van der Waals surface area (Å²) in [5.74, 6) is -1.07. The molecule has 2 aromatic rings. The van der Waals surface area contributed by atoms with Crippen molar-refractivity contribution in [1.82, 2.24) is 0 Å². The number of ketones is 1. The van der Waals surface area contributed by atoms with Gasteiger partial charge in [0.15, 0.2) is 10.5 Å². The van der Waals surface area contributed by atoms with Gasteiger partial charge in [-0.2, -0.15) is 5.26 Å². The number of Topliss-reactive ketones (excluding diaryl/α,β-unsaturated/α-hetero) is 1. The highest BCUT2D eigenvalue weighted by Crippen LogP contribution is 2.26. The summed E-state index contributed by atoms with van der Waals surface area (Å²) in [7, 11) is 0. The van der Waals surface area contributed by atoms with E-state index >= 15 is 0 Å². The van der Waals surface area contributed by atoms with Crippen LogP contribution in [0.25, 0.3) is 0 Å². The molecule has 0 N–H and O–H groups in total. The Hall–Kier alpha value is -1.86. The van der Waals surface area contributed by atoms with Crippen LogP contribution >= 0.6 is 15.9 Å². The Labute approximate surface area is 113 Å². The summed E-state index contributed by atoms with van der Waals surface area (Å²) >= 11 is 3.15. The number of rotatable bonds is 3. The zero-order chi connectivity index (χ0) is 13.1. The summed E-state index contributed by atoms with van der Waals surface area (Å²) in [4.78, 5) is 12.2. The molecule has 1 heterocycles. The lowest BCUT2D eigenvalue weighted by Crippen LogP contribution is -2.10. The van der Waals surface area contributed by atoms with Crippen LogP contribution in [0.1, 0.15) is 27.4 Å². The van der Waals surface area contributed by atoms with Crippen molar-refractivity contribution in [2.45, 2.75) is 12.8 Å². The third kappa shape index (κ3) is 2.36. The molecule has 18 heavy (non-hydrogen) atoms. The zero-order valence-corrected chi connectivity index (χ0v) is 11.3. The molecule has 2 rings (SSSR count). The topological polar surface area (TPSA) is 54.0 Å². The van der Waals surface area contributed by atoms with Crippen LogP contribution in [-0.4, -0.2) is 5.78 Å². The van der Waals surface area contributed by atoms with Crippen LogP contribution in [0.3, 0.4) is 0 Å². The first-order valence-corrected chi connectivity index (χ1v) is 6.16. The average molecular weight is 304 g/mol. The van der Waals surface area contributed by atoms with Crippen LogP contribution < -0.4 is 0 Å². The number of aryl methyl sites for hydroxylation is 1. The molecule has 3 nitrogen and oxygen atoms in total. The van der Waals surface area contributed by atoms with Crippen molar-refractivity contribution in [3.05, 3.63) is 58.0 Å². The Kier molecular flexibility index (Phi) is 3.63. The molecule has 90 valence electrons. The molecule has 0 saturated heterocycles. The molecule has 0 bridgehead atoms. The van der Waals surface area contributed by atoms with Gasteiger partial charge in [-0.05, 0) is 34.5 Å². The van der Waals surface area contributed by atoms with Crippen molar-refractivity contribution in [3.8, 4) is 6.07 Å². The Morgan fingerprint density at radius 3 is 2.50 bits per heavy atom. The first-order valence-electron chi connectivity index (χ1n) is 5.37. The Morgan fingerprint density at radius 2 is 2.00 bits per heavy atom. The third-order valence-corrected chi connectivity index (χ3v) is 3.30. The number of hydrogen-bond donors (Lipinski definition) is 0. The lowest BCUT2D eigenvalue weighted by atomic mass is 9.92. The number of halogens is 1. The first kappa shape index (κ1) is 12.6. The monoisotopic (exact) mass is 303 g/mol. The quantitative estimate of drug-likeness (QED) is 0.810. The minimum absolute atomic E-state index is 0.262. The number of furan rings is 1. The summed E-state index contributed by atoms with van der Waals surface area (Å²) in [6.07, 6.45) is 1.42. The molecule has 1 aromatic carbocycles. The van der Waals surface area contributed by atoms with Gasteiger partial charge in [0.25, 0.3) is 0 Å². The standard InChI is InChI=1S/C14H10BrNO2/c1-9-2-4-10(5-3-9)12(8-16)13(17)11-6-7-18-14(11)15/h2-7,12H,1H3. The Bertz CT molecular complexity index is 607. The second kappa shape index (κ2) is 5.19. The van der Waals surface area contributed by atoms with Gasteiger partial charge in [-0.3, -0.25) is 4.79 Å². The number of hydrogen-bond acceptors (Lipinski definition) is 3. The summed E-state index contributed by atoms with van der Waals surface area (Å²) < 4.78 is 5.38. The number of carbonyl (C=O) groups excluding carboxylic acids is 1. The van der Waals surface area contributed by atoms with E-state index in [2.05, 4.69) is 15.9 Å². The summed E-state index contributed by atoms with van der Waals surface area (Å²) in [5.41, 5.74) is 2.18. The van der Waals surface area contributed by atoms with Crippen LogP contribution in [0.15, 0.2) is 45.7 Å². The van der Waals surface area contributed by atoms with Crippen molar-refractivity contribution < 1.29 is 9.21 Å². The van der Waals surface area contributed by atoms with Gasteiger partial charge in [-0.1, -0.05) is 29.8 Å². The summed E-state index contributed by atoms with van der Waals surface area (Å²) in [6, 6.07) is 11.0. The molecule has 1 unspecified atom stereocenters. The van der Waals surface area contributed by atoms with Gasteiger partial charge in [-0.15, -0.1) is 0 Å². The van der Waals surface area contributed by atoms with E-state index in [-0.39, 0.29) is 5.78 Å². The van der Waals surface area contributed by atoms with Crippen molar-refractivity contribution in [1.29, 1.82) is 5.26 Å². The van der Waals surface area contributed by atoms with Crippen LogP contribution in [0, 0.1) is 18.3 Å². The van der Waals surface area contributed by atoms with E-state index in [0.29, 0.717) is 15.8 Å². The van der Waals surface area contributed by atoms with E-state index in [1.165, 1.54) is 6.26 Å². The minimum atomic E-state index is -0.806. The third-order valence-electron chi connectivity index (χ3n) is 2.69. The molecule has 0 aliphatic rings. The fourth-order valence-corrected chi connectivity index (χ4v) is 2.10. The highest BCUT2D eigenvalue weighted by atomic mass is 79.9. The zero-order valence-electron chi connectivity index (χ0n) is 9.68. The number of carbonyl (C=O) groups is 1. The van der Waals surface area contributed by atoms with Crippen molar-refractivity contribution in [2.75, 3.05) is 0 Å². The SMILES string of the molecule is Cc1ccc(C(C#N)C(=O)c2ccoc2Br)cc1. The molecule has 4 heteroatoms.